The number of nitrogens with one attached hydrogen (secondary N) is 1. The number of fused-ring (bicyclic) bond motifs is 1. The largest absolute Gasteiger partial charge is 0.352 e. The Morgan fingerprint density at radius 3 is 2.76 bits per heavy atom. The molecule has 2 amide bonds. The first-order chi connectivity index (χ1) is 14.0. The van der Waals surface area contributed by atoms with E-state index in [9.17, 15) is 9.59 Å². The molecule has 2 heterocycles. The SMILES string of the molecule is Cc1cccc(N2C(=O)c3cccnc3[C@@H]2CC(=O)NCc2cccc(Cl)c2)c1. The predicted octanol–water partition coefficient (Wildman–Crippen LogP) is 4.45. The molecule has 4 rings (SSSR count). The molecular formula is C23H20ClN3O2. The molecule has 0 saturated carbocycles. The lowest BCUT2D eigenvalue weighted by atomic mass is 10.1. The van der Waals surface area contributed by atoms with E-state index in [1.807, 2.05) is 49.4 Å². The first-order valence-electron chi connectivity index (χ1n) is 9.39. The van der Waals surface area contributed by atoms with Crippen molar-refractivity contribution in [1.29, 1.82) is 0 Å². The van der Waals surface area contributed by atoms with Gasteiger partial charge in [-0.2, -0.15) is 0 Å². The Balaban J connectivity index is 1.57. The maximum atomic E-state index is 13.1. The monoisotopic (exact) mass is 405 g/mol. The van der Waals surface area contributed by atoms with Crippen molar-refractivity contribution in [2.24, 2.45) is 0 Å². The van der Waals surface area contributed by atoms with Gasteiger partial charge in [-0.3, -0.25) is 19.5 Å². The second-order valence-electron chi connectivity index (χ2n) is 7.08. The molecule has 1 N–H and O–H groups in total. The van der Waals surface area contributed by atoms with Crippen molar-refractivity contribution in [3.8, 4) is 0 Å². The summed E-state index contributed by atoms with van der Waals surface area (Å²) >= 11 is 6.00. The topological polar surface area (TPSA) is 62.3 Å². The number of carbonyl (C=O) groups excluding carboxylic acids is 2. The Morgan fingerprint density at radius 2 is 1.97 bits per heavy atom. The second-order valence-corrected chi connectivity index (χ2v) is 7.51. The third kappa shape index (κ3) is 4.00. The van der Waals surface area contributed by atoms with Crippen LogP contribution in [-0.2, 0) is 11.3 Å². The summed E-state index contributed by atoms with van der Waals surface area (Å²) < 4.78 is 0. The molecule has 2 aromatic carbocycles. The van der Waals surface area contributed by atoms with E-state index >= 15 is 0 Å². The summed E-state index contributed by atoms with van der Waals surface area (Å²) in [5.74, 6) is -0.287. The molecule has 0 bridgehead atoms. The van der Waals surface area contributed by atoms with Gasteiger partial charge in [-0.05, 0) is 54.4 Å². The molecule has 29 heavy (non-hydrogen) atoms. The number of hydrogen-bond acceptors (Lipinski definition) is 3. The van der Waals surface area contributed by atoms with Crippen LogP contribution in [-0.4, -0.2) is 16.8 Å². The molecule has 3 aromatic rings. The highest BCUT2D eigenvalue weighted by atomic mass is 35.5. The van der Waals surface area contributed by atoms with E-state index in [-0.39, 0.29) is 18.2 Å². The van der Waals surface area contributed by atoms with Gasteiger partial charge in [-0.1, -0.05) is 35.9 Å². The zero-order chi connectivity index (χ0) is 20.4. The van der Waals surface area contributed by atoms with Crippen LogP contribution in [0.5, 0.6) is 0 Å². The maximum absolute atomic E-state index is 13.1. The van der Waals surface area contributed by atoms with Crippen molar-refractivity contribution in [3.05, 3.63) is 94.3 Å². The quantitative estimate of drug-likeness (QED) is 0.682. The average Bonchev–Trinajstić information content (AvgIpc) is 2.98. The van der Waals surface area contributed by atoms with Crippen molar-refractivity contribution < 1.29 is 9.59 Å². The van der Waals surface area contributed by atoms with Crippen LogP contribution in [0.25, 0.3) is 0 Å². The van der Waals surface area contributed by atoms with Crippen LogP contribution in [0.2, 0.25) is 5.02 Å². The van der Waals surface area contributed by atoms with Gasteiger partial charge in [-0.15, -0.1) is 0 Å². The lowest BCUT2D eigenvalue weighted by Crippen LogP contribution is -2.33. The summed E-state index contributed by atoms with van der Waals surface area (Å²) in [6.07, 6.45) is 1.78. The molecule has 0 unspecified atom stereocenters. The molecule has 1 aromatic heterocycles. The van der Waals surface area contributed by atoms with Gasteiger partial charge >= 0.3 is 0 Å². The van der Waals surface area contributed by atoms with E-state index in [1.165, 1.54) is 0 Å². The van der Waals surface area contributed by atoms with E-state index in [4.69, 9.17) is 11.6 Å². The highest BCUT2D eigenvalue weighted by Gasteiger charge is 2.39. The smallest absolute Gasteiger partial charge is 0.260 e. The number of anilines is 1. The number of benzene rings is 2. The predicted molar refractivity (Wildman–Crippen MR) is 113 cm³/mol. The van der Waals surface area contributed by atoms with Crippen LogP contribution in [0.1, 0.15) is 39.6 Å². The third-order valence-electron chi connectivity index (χ3n) is 4.95. The van der Waals surface area contributed by atoms with E-state index in [2.05, 4.69) is 10.3 Å². The third-order valence-corrected chi connectivity index (χ3v) is 5.19. The standard InChI is InChI=1S/C23H20ClN3O2/c1-15-5-2-8-18(11-15)27-20(22-19(23(27)29)9-4-10-25-22)13-21(28)26-14-16-6-3-7-17(24)12-16/h2-12,20H,13-14H2,1H3,(H,26,28)/t20-/m0/s1. The summed E-state index contributed by atoms with van der Waals surface area (Å²) in [6.45, 7) is 2.35. The molecule has 0 aliphatic carbocycles. The molecule has 0 spiro atoms. The van der Waals surface area contributed by atoms with Crippen LogP contribution in [0.15, 0.2) is 66.9 Å². The van der Waals surface area contributed by atoms with Gasteiger partial charge in [0.1, 0.15) is 0 Å². The number of rotatable bonds is 5. The molecular weight excluding hydrogens is 386 g/mol. The van der Waals surface area contributed by atoms with Crippen LogP contribution in [0, 0.1) is 6.92 Å². The molecule has 1 aliphatic heterocycles. The lowest BCUT2D eigenvalue weighted by molar-refractivity contribution is -0.121. The first kappa shape index (κ1) is 19.2. The van der Waals surface area contributed by atoms with Gasteiger partial charge in [0.15, 0.2) is 0 Å². The minimum atomic E-state index is -0.445. The van der Waals surface area contributed by atoms with Gasteiger partial charge < -0.3 is 5.32 Å². The molecule has 0 fully saturated rings. The van der Waals surface area contributed by atoms with Gasteiger partial charge in [0.25, 0.3) is 5.91 Å². The summed E-state index contributed by atoms with van der Waals surface area (Å²) in [5.41, 5.74) is 3.91. The van der Waals surface area contributed by atoms with E-state index in [1.54, 1.807) is 29.3 Å². The molecule has 0 saturated heterocycles. The van der Waals surface area contributed by atoms with Crippen molar-refractivity contribution in [2.45, 2.75) is 25.9 Å². The number of carbonyl (C=O) groups is 2. The fourth-order valence-corrected chi connectivity index (χ4v) is 3.83. The molecule has 6 heteroatoms. The van der Waals surface area contributed by atoms with E-state index in [0.717, 1.165) is 16.8 Å². The first-order valence-corrected chi connectivity index (χ1v) is 9.77. The van der Waals surface area contributed by atoms with Gasteiger partial charge in [-0.25, -0.2) is 0 Å². The number of nitrogens with zero attached hydrogens (tertiary/aromatic N) is 2. The van der Waals surface area contributed by atoms with Crippen molar-refractivity contribution in [3.63, 3.8) is 0 Å². The summed E-state index contributed by atoms with van der Waals surface area (Å²) in [7, 11) is 0. The number of pyridine rings is 1. The van der Waals surface area contributed by atoms with Gasteiger partial charge in [0, 0.05) is 23.5 Å². The second kappa shape index (κ2) is 8.05. The minimum Gasteiger partial charge on any atom is -0.352 e. The fraction of sp³-hybridized carbons (Fsp3) is 0.174. The molecule has 1 aliphatic rings. The molecule has 0 radical (unpaired) electrons. The van der Waals surface area contributed by atoms with Crippen LogP contribution >= 0.6 is 11.6 Å². The number of halogens is 1. The highest BCUT2D eigenvalue weighted by Crippen LogP contribution is 2.38. The zero-order valence-corrected chi connectivity index (χ0v) is 16.7. The highest BCUT2D eigenvalue weighted by molar-refractivity contribution is 6.30. The van der Waals surface area contributed by atoms with Crippen LogP contribution in [0.4, 0.5) is 5.69 Å². The normalized spacial score (nSPS) is 15.3. The van der Waals surface area contributed by atoms with Crippen LogP contribution in [0.3, 0.4) is 0 Å². The molecule has 146 valence electrons. The molecule has 5 nitrogen and oxygen atoms in total. The maximum Gasteiger partial charge on any atom is 0.260 e. The Kier molecular flexibility index (Phi) is 5.32. The van der Waals surface area contributed by atoms with Crippen molar-refractivity contribution >= 4 is 29.1 Å². The minimum absolute atomic E-state index is 0.129. The Labute approximate surface area is 174 Å². The van der Waals surface area contributed by atoms with E-state index < -0.39 is 6.04 Å². The summed E-state index contributed by atoms with van der Waals surface area (Å²) in [5, 5.41) is 3.55. The number of aromatic nitrogens is 1. The number of hydrogen-bond donors (Lipinski definition) is 1. The Morgan fingerprint density at radius 1 is 1.14 bits per heavy atom. The summed E-state index contributed by atoms with van der Waals surface area (Å²) in [6, 6.07) is 18.1. The Bertz CT molecular complexity index is 1080. The van der Waals surface area contributed by atoms with Crippen molar-refractivity contribution in [2.75, 3.05) is 4.90 Å². The van der Waals surface area contributed by atoms with Gasteiger partial charge in [0.2, 0.25) is 5.91 Å². The van der Waals surface area contributed by atoms with Crippen molar-refractivity contribution in [1.82, 2.24) is 10.3 Å². The Hall–Kier alpha value is -3.18. The van der Waals surface area contributed by atoms with Gasteiger partial charge in [0.05, 0.1) is 23.7 Å². The molecule has 1 atom stereocenters. The average molecular weight is 406 g/mol. The van der Waals surface area contributed by atoms with E-state index in [0.29, 0.717) is 22.8 Å². The number of aryl methyl sites for hydroxylation is 1. The zero-order valence-electron chi connectivity index (χ0n) is 15.9. The van der Waals surface area contributed by atoms with Crippen LogP contribution < -0.4 is 10.2 Å². The summed E-state index contributed by atoms with van der Waals surface area (Å²) in [4.78, 5) is 31.8. The lowest BCUT2D eigenvalue weighted by Gasteiger charge is -2.25. The number of amides is 2. The fourth-order valence-electron chi connectivity index (χ4n) is 3.62.